The normalized spacial score (nSPS) is 10.4. The molecule has 1 amide bonds. The van der Waals surface area contributed by atoms with E-state index in [0.717, 1.165) is 32.3 Å². The van der Waals surface area contributed by atoms with E-state index in [4.69, 9.17) is 9.47 Å². The molecule has 21 heavy (non-hydrogen) atoms. The Morgan fingerprint density at radius 3 is 2.24 bits per heavy atom. The predicted octanol–water partition coefficient (Wildman–Crippen LogP) is 2.78. The lowest BCUT2D eigenvalue weighted by atomic mass is 10.2. The lowest BCUT2D eigenvalue weighted by Gasteiger charge is -2.22. The summed E-state index contributed by atoms with van der Waals surface area (Å²) in [7, 11) is 0. The third kappa shape index (κ3) is 11.3. The molecule has 0 aliphatic rings. The van der Waals surface area contributed by atoms with Gasteiger partial charge in [0.05, 0.1) is 13.0 Å². The molecule has 0 aromatic heterocycles. The first-order valence-corrected chi connectivity index (χ1v) is 8.16. The third-order valence-corrected chi connectivity index (χ3v) is 3.07. The van der Waals surface area contributed by atoms with Crippen LogP contribution in [-0.4, -0.2) is 49.7 Å². The van der Waals surface area contributed by atoms with E-state index < -0.39 is 0 Å². The average molecular weight is 301 g/mol. The minimum Gasteiger partial charge on any atom is -0.466 e. The van der Waals surface area contributed by atoms with Gasteiger partial charge in [-0.2, -0.15) is 0 Å². The van der Waals surface area contributed by atoms with Crippen LogP contribution in [0, 0.1) is 0 Å². The number of amides is 1. The number of ether oxygens (including phenoxy) is 2. The van der Waals surface area contributed by atoms with Gasteiger partial charge in [0, 0.05) is 32.7 Å². The van der Waals surface area contributed by atoms with Crippen LogP contribution in [0.4, 0.5) is 0 Å². The predicted molar refractivity (Wildman–Crippen MR) is 83.1 cm³/mol. The average Bonchev–Trinajstić information content (AvgIpc) is 2.46. The van der Waals surface area contributed by atoms with E-state index in [1.165, 1.54) is 0 Å². The molecule has 0 saturated heterocycles. The molecule has 124 valence electrons. The second-order valence-corrected chi connectivity index (χ2v) is 5.01. The zero-order valence-corrected chi connectivity index (χ0v) is 13.9. The highest BCUT2D eigenvalue weighted by Crippen LogP contribution is 2.02. The molecule has 0 aliphatic heterocycles. The first-order chi connectivity index (χ1) is 10.2. The highest BCUT2D eigenvalue weighted by molar-refractivity contribution is 5.77. The Morgan fingerprint density at radius 1 is 0.905 bits per heavy atom. The minimum atomic E-state index is -0.244. The molecule has 0 heterocycles. The van der Waals surface area contributed by atoms with Crippen molar-refractivity contribution in [2.45, 2.75) is 59.3 Å². The lowest BCUT2D eigenvalue weighted by Crippen LogP contribution is -2.34. The van der Waals surface area contributed by atoms with Crippen molar-refractivity contribution in [3.05, 3.63) is 0 Å². The van der Waals surface area contributed by atoms with Gasteiger partial charge in [-0.15, -0.1) is 0 Å². The van der Waals surface area contributed by atoms with Crippen molar-refractivity contribution >= 4 is 11.9 Å². The Hall–Kier alpha value is -1.10. The Morgan fingerprint density at radius 2 is 1.62 bits per heavy atom. The van der Waals surface area contributed by atoms with Gasteiger partial charge >= 0.3 is 5.97 Å². The van der Waals surface area contributed by atoms with Crippen LogP contribution in [0.25, 0.3) is 0 Å². The van der Waals surface area contributed by atoms with E-state index in [1.807, 2.05) is 6.92 Å². The fourth-order valence-electron chi connectivity index (χ4n) is 1.90. The molecule has 0 aromatic carbocycles. The molecule has 0 N–H and O–H groups in total. The SMILES string of the molecule is CCCCOCCCN(CCC(=O)OCC)C(=O)CCC. The quantitative estimate of drug-likeness (QED) is 0.388. The van der Waals surface area contributed by atoms with Gasteiger partial charge in [-0.05, 0) is 26.2 Å². The Bertz CT molecular complexity index is 281. The first-order valence-electron chi connectivity index (χ1n) is 8.16. The summed E-state index contributed by atoms with van der Waals surface area (Å²) in [6.45, 7) is 8.80. The minimum absolute atomic E-state index is 0.107. The van der Waals surface area contributed by atoms with Gasteiger partial charge < -0.3 is 14.4 Å². The first kappa shape index (κ1) is 19.9. The van der Waals surface area contributed by atoms with Crippen LogP contribution in [0.15, 0.2) is 0 Å². The topological polar surface area (TPSA) is 55.8 Å². The van der Waals surface area contributed by atoms with E-state index >= 15 is 0 Å². The molecule has 0 saturated carbocycles. The number of hydrogen-bond donors (Lipinski definition) is 0. The van der Waals surface area contributed by atoms with Crippen LogP contribution >= 0.6 is 0 Å². The van der Waals surface area contributed by atoms with Crippen molar-refractivity contribution in [2.24, 2.45) is 0 Å². The summed E-state index contributed by atoms with van der Waals surface area (Å²) >= 11 is 0. The zero-order chi connectivity index (χ0) is 15.9. The summed E-state index contributed by atoms with van der Waals surface area (Å²) in [6.07, 6.45) is 4.62. The Labute approximate surface area is 129 Å². The summed E-state index contributed by atoms with van der Waals surface area (Å²) < 4.78 is 10.4. The molecule has 0 aliphatic carbocycles. The maximum absolute atomic E-state index is 12.0. The summed E-state index contributed by atoms with van der Waals surface area (Å²) in [6, 6.07) is 0. The highest BCUT2D eigenvalue weighted by Gasteiger charge is 2.14. The van der Waals surface area contributed by atoms with Gasteiger partial charge in [-0.3, -0.25) is 9.59 Å². The molecule has 0 rings (SSSR count). The molecule has 0 unspecified atom stereocenters. The third-order valence-electron chi connectivity index (χ3n) is 3.07. The number of carbonyl (C=O) groups is 2. The van der Waals surface area contributed by atoms with Crippen molar-refractivity contribution in [1.82, 2.24) is 4.90 Å². The monoisotopic (exact) mass is 301 g/mol. The molecule has 0 fully saturated rings. The fourth-order valence-corrected chi connectivity index (χ4v) is 1.90. The Balaban J connectivity index is 4.02. The van der Waals surface area contributed by atoms with Crippen LogP contribution < -0.4 is 0 Å². The van der Waals surface area contributed by atoms with E-state index in [-0.39, 0.29) is 18.3 Å². The van der Waals surface area contributed by atoms with Gasteiger partial charge in [0.25, 0.3) is 0 Å². The summed E-state index contributed by atoms with van der Waals surface area (Å²) in [5.74, 6) is -0.138. The second kappa shape index (κ2) is 13.9. The van der Waals surface area contributed by atoms with E-state index in [1.54, 1.807) is 11.8 Å². The van der Waals surface area contributed by atoms with Crippen molar-refractivity contribution in [3.8, 4) is 0 Å². The number of hydrogen-bond acceptors (Lipinski definition) is 4. The van der Waals surface area contributed by atoms with Crippen LogP contribution in [0.2, 0.25) is 0 Å². The van der Waals surface area contributed by atoms with Crippen LogP contribution in [0.1, 0.15) is 59.3 Å². The molecule has 5 nitrogen and oxygen atoms in total. The number of carbonyl (C=O) groups excluding carboxylic acids is 2. The molecule has 0 bridgehead atoms. The van der Waals surface area contributed by atoms with E-state index in [2.05, 4.69) is 6.92 Å². The zero-order valence-electron chi connectivity index (χ0n) is 13.9. The van der Waals surface area contributed by atoms with Crippen molar-refractivity contribution in [2.75, 3.05) is 32.9 Å². The van der Waals surface area contributed by atoms with E-state index in [9.17, 15) is 9.59 Å². The summed E-state index contributed by atoms with van der Waals surface area (Å²) in [5.41, 5.74) is 0. The van der Waals surface area contributed by atoms with E-state index in [0.29, 0.717) is 32.7 Å². The summed E-state index contributed by atoms with van der Waals surface area (Å²) in [4.78, 5) is 25.2. The van der Waals surface area contributed by atoms with Gasteiger partial charge in [0.1, 0.15) is 0 Å². The van der Waals surface area contributed by atoms with Gasteiger partial charge in [0.15, 0.2) is 0 Å². The fraction of sp³-hybridized carbons (Fsp3) is 0.875. The van der Waals surface area contributed by atoms with Gasteiger partial charge in [-0.25, -0.2) is 0 Å². The molecule has 0 atom stereocenters. The van der Waals surface area contributed by atoms with Crippen LogP contribution in [0.3, 0.4) is 0 Å². The standard InChI is InChI=1S/C16H31NO4/c1-4-7-13-20-14-8-11-17(15(18)9-5-2)12-10-16(19)21-6-3/h4-14H2,1-3H3. The highest BCUT2D eigenvalue weighted by atomic mass is 16.5. The Kier molecular flexibility index (Phi) is 13.1. The van der Waals surface area contributed by atoms with Crippen molar-refractivity contribution in [3.63, 3.8) is 0 Å². The smallest absolute Gasteiger partial charge is 0.307 e. The lowest BCUT2D eigenvalue weighted by molar-refractivity contribution is -0.144. The van der Waals surface area contributed by atoms with Gasteiger partial charge in [0.2, 0.25) is 5.91 Å². The maximum atomic E-state index is 12.0. The van der Waals surface area contributed by atoms with Gasteiger partial charge in [-0.1, -0.05) is 20.3 Å². The molecule has 0 spiro atoms. The molecular weight excluding hydrogens is 270 g/mol. The molecule has 0 radical (unpaired) electrons. The maximum Gasteiger partial charge on any atom is 0.307 e. The molecular formula is C16H31NO4. The molecule has 5 heteroatoms. The number of nitrogens with zero attached hydrogens (tertiary/aromatic N) is 1. The van der Waals surface area contributed by atoms with Crippen molar-refractivity contribution < 1.29 is 19.1 Å². The number of rotatable bonds is 13. The van der Waals surface area contributed by atoms with Crippen molar-refractivity contribution in [1.29, 1.82) is 0 Å². The largest absolute Gasteiger partial charge is 0.466 e. The number of esters is 1. The van der Waals surface area contributed by atoms with Crippen LogP contribution in [-0.2, 0) is 19.1 Å². The second-order valence-electron chi connectivity index (χ2n) is 5.01. The number of unbranched alkanes of at least 4 members (excludes halogenated alkanes) is 1. The summed E-state index contributed by atoms with van der Waals surface area (Å²) in [5, 5.41) is 0. The molecule has 0 aromatic rings. The van der Waals surface area contributed by atoms with Crippen LogP contribution in [0.5, 0.6) is 0 Å².